The molecule has 0 amide bonds. The third kappa shape index (κ3) is 3.73. The van der Waals surface area contributed by atoms with Gasteiger partial charge in [0.25, 0.3) is 0 Å². The Morgan fingerprint density at radius 3 is 2.53 bits per heavy atom. The van der Waals surface area contributed by atoms with Gasteiger partial charge in [0.1, 0.15) is 5.75 Å². The highest BCUT2D eigenvalue weighted by Crippen LogP contribution is 2.20. The molecule has 0 spiro atoms. The molecule has 0 aliphatic carbocycles. The van der Waals surface area contributed by atoms with Gasteiger partial charge in [-0.3, -0.25) is 18.6 Å². The molecule has 8 heteroatoms. The maximum absolute atomic E-state index is 12.9. The predicted molar refractivity (Wildman–Crippen MR) is 116 cm³/mol. The number of ketones is 1. The summed E-state index contributed by atoms with van der Waals surface area (Å²) >= 11 is 1.26. The van der Waals surface area contributed by atoms with E-state index in [0.29, 0.717) is 22.2 Å². The topological polar surface area (TPSA) is 78.5 Å². The number of fused-ring (bicyclic) bond motifs is 1. The molecule has 0 unspecified atom stereocenters. The van der Waals surface area contributed by atoms with Gasteiger partial charge in [0, 0.05) is 23.6 Å². The molecule has 7 nitrogen and oxygen atoms in total. The Bertz CT molecular complexity index is 1290. The fraction of sp³-hybridized carbons (Fsp3) is 0.182. The number of aryl methyl sites for hydroxylation is 2. The molecule has 4 rings (SSSR count). The molecule has 0 saturated heterocycles. The van der Waals surface area contributed by atoms with Crippen LogP contribution in [-0.4, -0.2) is 37.8 Å². The van der Waals surface area contributed by atoms with Crippen molar-refractivity contribution in [3.05, 3.63) is 81.9 Å². The van der Waals surface area contributed by atoms with E-state index < -0.39 is 0 Å². The van der Waals surface area contributed by atoms with Crippen molar-refractivity contribution in [1.82, 2.24) is 19.2 Å². The highest BCUT2D eigenvalue weighted by Gasteiger charge is 2.15. The van der Waals surface area contributed by atoms with Crippen LogP contribution < -0.4 is 10.3 Å². The maximum atomic E-state index is 12.9. The number of ether oxygens (including phenoxy) is 1. The quantitative estimate of drug-likeness (QED) is 0.351. The molecule has 0 N–H and O–H groups in total. The van der Waals surface area contributed by atoms with E-state index in [-0.39, 0.29) is 22.7 Å². The Morgan fingerprint density at radius 1 is 1.07 bits per heavy atom. The van der Waals surface area contributed by atoms with E-state index in [4.69, 9.17) is 4.74 Å². The number of thioether (sulfide) groups is 1. The lowest BCUT2D eigenvalue weighted by Gasteiger charge is -2.08. The van der Waals surface area contributed by atoms with Crippen LogP contribution in [0.4, 0.5) is 0 Å². The van der Waals surface area contributed by atoms with Crippen LogP contribution in [-0.2, 0) is 0 Å². The van der Waals surface area contributed by atoms with Crippen molar-refractivity contribution in [2.75, 3.05) is 12.9 Å². The summed E-state index contributed by atoms with van der Waals surface area (Å²) in [6.07, 6.45) is 3.39. The minimum atomic E-state index is -0.289. The number of hydrogen-bond donors (Lipinski definition) is 0. The van der Waals surface area contributed by atoms with E-state index in [1.807, 2.05) is 32.0 Å². The highest BCUT2D eigenvalue weighted by molar-refractivity contribution is 7.99. The van der Waals surface area contributed by atoms with E-state index in [0.717, 1.165) is 11.1 Å². The Labute approximate surface area is 177 Å². The van der Waals surface area contributed by atoms with Crippen LogP contribution in [0.15, 0.2) is 64.8 Å². The van der Waals surface area contributed by atoms with E-state index in [9.17, 15) is 9.59 Å². The number of hydrogen-bond acceptors (Lipinski definition) is 6. The van der Waals surface area contributed by atoms with Gasteiger partial charge in [0.05, 0.1) is 12.9 Å². The van der Waals surface area contributed by atoms with Gasteiger partial charge >= 0.3 is 5.56 Å². The minimum Gasteiger partial charge on any atom is -0.497 e. The van der Waals surface area contributed by atoms with E-state index in [2.05, 4.69) is 10.2 Å². The summed E-state index contributed by atoms with van der Waals surface area (Å²) in [7, 11) is 1.59. The second-order valence-electron chi connectivity index (χ2n) is 6.88. The summed E-state index contributed by atoms with van der Waals surface area (Å²) < 4.78 is 8.27. The smallest absolute Gasteiger partial charge is 0.300 e. The summed E-state index contributed by atoms with van der Waals surface area (Å²) in [5, 5.41) is 8.65. The van der Waals surface area contributed by atoms with Crippen molar-refractivity contribution in [2.45, 2.75) is 19.0 Å². The van der Waals surface area contributed by atoms with Crippen LogP contribution >= 0.6 is 11.8 Å². The molecule has 0 bridgehead atoms. The number of carbonyl (C=O) groups excluding carboxylic acids is 1. The van der Waals surface area contributed by atoms with Crippen LogP contribution in [0, 0.1) is 13.8 Å². The first-order chi connectivity index (χ1) is 14.5. The van der Waals surface area contributed by atoms with E-state index in [1.165, 1.54) is 16.3 Å². The molecule has 2 heterocycles. The zero-order chi connectivity index (χ0) is 21.3. The van der Waals surface area contributed by atoms with Gasteiger partial charge in [-0.1, -0.05) is 35.5 Å². The molecule has 2 aromatic heterocycles. The fourth-order valence-electron chi connectivity index (χ4n) is 3.24. The molecule has 30 heavy (non-hydrogen) atoms. The van der Waals surface area contributed by atoms with E-state index >= 15 is 0 Å². The Morgan fingerprint density at radius 2 is 1.83 bits per heavy atom. The van der Waals surface area contributed by atoms with Gasteiger partial charge in [-0.15, -0.1) is 10.2 Å². The lowest BCUT2D eigenvalue weighted by molar-refractivity contribution is 0.102. The van der Waals surface area contributed by atoms with Gasteiger partial charge in [0.15, 0.2) is 10.9 Å². The molecular formula is C22H20N4O3S. The van der Waals surface area contributed by atoms with Crippen molar-refractivity contribution >= 4 is 23.2 Å². The average Bonchev–Trinajstić information content (AvgIpc) is 3.16. The normalized spacial score (nSPS) is 11.0. The van der Waals surface area contributed by atoms with Gasteiger partial charge < -0.3 is 4.74 Å². The molecule has 2 aromatic carbocycles. The van der Waals surface area contributed by atoms with Gasteiger partial charge in [-0.25, -0.2) is 0 Å². The summed E-state index contributed by atoms with van der Waals surface area (Å²) in [6.45, 7) is 3.93. The number of nitrogens with zero attached hydrogens (tertiary/aromatic N) is 4. The lowest BCUT2D eigenvalue weighted by Crippen LogP contribution is -2.20. The molecule has 152 valence electrons. The first-order valence-electron chi connectivity index (χ1n) is 9.32. The molecule has 4 aromatic rings. The van der Waals surface area contributed by atoms with Gasteiger partial charge in [0.2, 0.25) is 5.65 Å². The largest absolute Gasteiger partial charge is 0.497 e. The Hall–Kier alpha value is -3.39. The maximum Gasteiger partial charge on any atom is 0.300 e. The Balaban J connectivity index is 1.58. The number of methoxy groups -OCH3 is 1. The second-order valence-corrected chi connectivity index (χ2v) is 7.82. The molecule has 0 saturated carbocycles. The van der Waals surface area contributed by atoms with Gasteiger partial charge in [-0.2, -0.15) is 0 Å². The van der Waals surface area contributed by atoms with Crippen LogP contribution in [0.5, 0.6) is 5.75 Å². The molecule has 0 aliphatic heterocycles. The number of aromatic nitrogens is 4. The second kappa shape index (κ2) is 8.16. The number of benzene rings is 2. The van der Waals surface area contributed by atoms with E-state index in [1.54, 1.807) is 48.2 Å². The first-order valence-corrected chi connectivity index (χ1v) is 10.3. The van der Waals surface area contributed by atoms with Crippen molar-refractivity contribution in [2.24, 2.45) is 0 Å². The number of carbonyl (C=O) groups is 1. The zero-order valence-electron chi connectivity index (χ0n) is 16.8. The molecular weight excluding hydrogens is 400 g/mol. The molecule has 0 atom stereocenters. The lowest BCUT2D eigenvalue weighted by atomic mass is 10.0. The predicted octanol–water partition coefficient (Wildman–Crippen LogP) is 3.48. The zero-order valence-corrected chi connectivity index (χ0v) is 17.6. The number of rotatable bonds is 6. The summed E-state index contributed by atoms with van der Waals surface area (Å²) in [5.41, 5.74) is 3.38. The Kier molecular flexibility index (Phi) is 5.41. The number of Topliss-reactive ketones (excluding diaryl/α,β-unsaturated/α-hetero) is 1. The molecule has 0 fully saturated rings. The van der Waals surface area contributed by atoms with Crippen LogP contribution in [0.3, 0.4) is 0 Å². The van der Waals surface area contributed by atoms with Crippen molar-refractivity contribution < 1.29 is 9.53 Å². The van der Waals surface area contributed by atoms with Crippen LogP contribution in [0.25, 0.3) is 11.3 Å². The van der Waals surface area contributed by atoms with Crippen molar-refractivity contribution in [3.63, 3.8) is 0 Å². The molecule has 0 aliphatic rings. The average molecular weight is 420 g/mol. The summed E-state index contributed by atoms with van der Waals surface area (Å²) in [5.74, 6) is 0.940. The first kappa shape index (κ1) is 19.9. The van der Waals surface area contributed by atoms with Crippen LogP contribution in [0.2, 0.25) is 0 Å². The minimum absolute atomic E-state index is 0.0147. The van der Waals surface area contributed by atoms with Crippen molar-refractivity contribution in [1.29, 1.82) is 0 Å². The highest BCUT2D eigenvalue weighted by atomic mass is 32.2. The van der Waals surface area contributed by atoms with Crippen molar-refractivity contribution in [3.8, 4) is 11.4 Å². The third-order valence-electron chi connectivity index (χ3n) is 4.80. The summed E-state index contributed by atoms with van der Waals surface area (Å²) in [6, 6.07) is 12.9. The monoisotopic (exact) mass is 420 g/mol. The molecule has 0 radical (unpaired) electrons. The summed E-state index contributed by atoms with van der Waals surface area (Å²) in [4.78, 5) is 25.5. The van der Waals surface area contributed by atoms with Gasteiger partial charge in [-0.05, 0) is 43.7 Å². The standard InChI is InChI=1S/C22H20N4O3S/c1-14-4-9-18(15(2)12-14)19(27)13-30-22-24-23-20-21(28)25(10-11-26(20)22)16-5-7-17(29-3)8-6-16/h4-12H,13H2,1-3H3. The van der Waals surface area contributed by atoms with Crippen LogP contribution in [0.1, 0.15) is 21.5 Å². The fourth-order valence-corrected chi connectivity index (χ4v) is 4.05. The third-order valence-corrected chi connectivity index (χ3v) is 5.75. The SMILES string of the molecule is COc1ccc(-n2ccn3c(SCC(=O)c4ccc(C)cc4C)nnc3c2=O)cc1.